The van der Waals surface area contributed by atoms with E-state index in [1.165, 1.54) is 35.6 Å². The van der Waals surface area contributed by atoms with Gasteiger partial charge in [0.05, 0.1) is 15.9 Å². The lowest BCUT2D eigenvalue weighted by Crippen LogP contribution is -2.21. The van der Waals surface area contributed by atoms with Crippen LogP contribution in [0, 0.1) is 0 Å². The molecule has 142 valence electrons. The van der Waals surface area contributed by atoms with Crippen molar-refractivity contribution in [3.8, 4) is 5.75 Å². The van der Waals surface area contributed by atoms with Crippen LogP contribution >= 0.6 is 11.3 Å². The van der Waals surface area contributed by atoms with Crippen LogP contribution in [0.3, 0.4) is 0 Å². The third kappa shape index (κ3) is 3.70. The lowest BCUT2D eigenvalue weighted by atomic mass is 10.1. The quantitative estimate of drug-likeness (QED) is 0.656. The molecule has 0 fully saturated rings. The molecule has 1 aliphatic heterocycles. The van der Waals surface area contributed by atoms with Gasteiger partial charge in [0.15, 0.2) is 5.13 Å². The number of allylic oxidation sites excluding steroid dienone is 1. The molecule has 0 saturated heterocycles. The maximum atomic E-state index is 12.3. The number of nitrogens with two attached hydrogens (primary N) is 1. The van der Waals surface area contributed by atoms with Gasteiger partial charge in [0, 0.05) is 16.9 Å². The third-order valence-corrected chi connectivity index (χ3v) is 4.82. The van der Waals surface area contributed by atoms with E-state index in [1.807, 2.05) is 18.2 Å². The minimum atomic E-state index is -4.72. The summed E-state index contributed by atoms with van der Waals surface area (Å²) in [5.41, 5.74) is 9.41. The highest BCUT2D eigenvalue weighted by molar-refractivity contribution is 7.22. The van der Waals surface area contributed by atoms with E-state index in [9.17, 15) is 13.2 Å². The van der Waals surface area contributed by atoms with E-state index in [1.54, 1.807) is 17.3 Å². The molecule has 0 bridgehead atoms. The van der Waals surface area contributed by atoms with Gasteiger partial charge in [-0.05, 0) is 42.5 Å². The van der Waals surface area contributed by atoms with E-state index < -0.39 is 6.36 Å². The normalized spacial score (nSPS) is 14.5. The summed E-state index contributed by atoms with van der Waals surface area (Å²) in [6.07, 6.45) is -1.35. The highest BCUT2D eigenvalue weighted by Crippen LogP contribution is 2.32. The number of benzene rings is 2. The number of nitrogens with zero attached hydrogens (tertiary/aromatic N) is 3. The molecule has 1 aromatic heterocycles. The number of rotatable bonds is 3. The van der Waals surface area contributed by atoms with Gasteiger partial charge in [0.1, 0.15) is 12.1 Å². The number of hydrogen-bond acceptors (Lipinski definition) is 6. The number of anilines is 2. The molecule has 9 heteroatoms. The van der Waals surface area contributed by atoms with Gasteiger partial charge in [-0.1, -0.05) is 24.0 Å². The van der Waals surface area contributed by atoms with Gasteiger partial charge in [-0.2, -0.15) is 0 Å². The first kappa shape index (κ1) is 18.1. The molecule has 5 nitrogen and oxygen atoms in total. The number of nitrogen functional groups attached to an aromatic ring is 1. The van der Waals surface area contributed by atoms with Gasteiger partial charge in [-0.15, -0.1) is 13.2 Å². The van der Waals surface area contributed by atoms with Crippen molar-refractivity contribution in [1.29, 1.82) is 0 Å². The molecular formula is C19H13F3N4OS. The van der Waals surface area contributed by atoms with E-state index in [-0.39, 0.29) is 5.75 Å². The zero-order valence-electron chi connectivity index (χ0n) is 14.3. The molecule has 0 radical (unpaired) electrons. The minimum absolute atomic E-state index is 0.288. The monoisotopic (exact) mass is 402 g/mol. The number of alkyl halides is 3. The maximum absolute atomic E-state index is 12.3. The van der Waals surface area contributed by atoms with Crippen molar-refractivity contribution >= 4 is 44.4 Å². The van der Waals surface area contributed by atoms with Crippen molar-refractivity contribution in [2.45, 2.75) is 6.36 Å². The fraction of sp³-hybridized carbons (Fsp3) is 0.0526. The van der Waals surface area contributed by atoms with Gasteiger partial charge >= 0.3 is 6.36 Å². The molecule has 0 unspecified atom stereocenters. The molecule has 28 heavy (non-hydrogen) atoms. The summed E-state index contributed by atoms with van der Waals surface area (Å²) in [5.74, 6) is -0.288. The van der Waals surface area contributed by atoms with E-state index in [4.69, 9.17) is 5.73 Å². The number of ether oxygens (including phenoxy) is 1. The highest BCUT2D eigenvalue weighted by atomic mass is 32.1. The largest absolute Gasteiger partial charge is 0.573 e. The van der Waals surface area contributed by atoms with Crippen LogP contribution < -0.4 is 15.4 Å². The van der Waals surface area contributed by atoms with E-state index in [0.717, 1.165) is 15.8 Å². The smallest absolute Gasteiger partial charge is 0.406 e. The summed E-state index contributed by atoms with van der Waals surface area (Å²) >= 11 is 1.40. The highest BCUT2D eigenvalue weighted by Gasteiger charge is 2.31. The molecular weight excluding hydrogens is 389 g/mol. The minimum Gasteiger partial charge on any atom is -0.406 e. The molecule has 0 aliphatic carbocycles. The SMILES string of the molecule is C=C1C=C(c2ccc3nc(N)sc3c2)N=CN1c1ccc(OC(F)(F)F)cc1. The zero-order chi connectivity index (χ0) is 19.9. The average molecular weight is 402 g/mol. The zero-order valence-corrected chi connectivity index (χ0v) is 15.1. The van der Waals surface area contributed by atoms with Crippen molar-refractivity contribution in [2.75, 3.05) is 10.6 Å². The molecule has 0 saturated carbocycles. The Bertz CT molecular complexity index is 1120. The van der Waals surface area contributed by atoms with Crippen LogP contribution in [-0.4, -0.2) is 17.7 Å². The van der Waals surface area contributed by atoms with Crippen LogP contribution in [0.2, 0.25) is 0 Å². The van der Waals surface area contributed by atoms with Crippen LogP contribution in [-0.2, 0) is 0 Å². The van der Waals surface area contributed by atoms with Gasteiger partial charge in [0.25, 0.3) is 0 Å². The van der Waals surface area contributed by atoms with Crippen LogP contribution in [0.5, 0.6) is 5.75 Å². The number of thiazole rings is 1. The fourth-order valence-electron chi connectivity index (χ4n) is 2.76. The second-order valence-corrected chi connectivity index (χ2v) is 6.97. The van der Waals surface area contributed by atoms with Crippen molar-refractivity contribution in [3.63, 3.8) is 0 Å². The summed E-state index contributed by atoms with van der Waals surface area (Å²) in [7, 11) is 0. The molecule has 2 heterocycles. The first-order valence-electron chi connectivity index (χ1n) is 8.05. The molecule has 0 spiro atoms. The van der Waals surface area contributed by atoms with Gasteiger partial charge < -0.3 is 15.4 Å². The van der Waals surface area contributed by atoms with Crippen molar-refractivity contribution in [3.05, 3.63) is 66.4 Å². The molecule has 1 aliphatic rings. The van der Waals surface area contributed by atoms with Crippen LogP contribution in [0.4, 0.5) is 24.0 Å². The molecule has 2 aromatic carbocycles. The molecule has 3 aromatic rings. The van der Waals surface area contributed by atoms with Crippen molar-refractivity contribution in [2.24, 2.45) is 4.99 Å². The topological polar surface area (TPSA) is 63.7 Å². The van der Waals surface area contributed by atoms with Crippen LogP contribution in [0.1, 0.15) is 5.56 Å². The van der Waals surface area contributed by atoms with Gasteiger partial charge in [0.2, 0.25) is 0 Å². The molecule has 0 atom stereocenters. The number of aliphatic imine (C=N–C) groups is 1. The van der Waals surface area contributed by atoms with E-state index >= 15 is 0 Å². The Hall–Kier alpha value is -3.33. The van der Waals surface area contributed by atoms with E-state index in [2.05, 4.69) is 21.3 Å². The Morgan fingerprint density at radius 2 is 1.86 bits per heavy atom. The maximum Gasteiger partial charge on any atom is 0.573 e. The van der Waals surface area contributed by atoms with Crippen LogP contribution in [0.25, 0.3) is 15.9 Å². The Balaban J connectivity index is 1.55. The van der Waals surface area contributed by atoms with E-state index in [0.29, 0.717) is 22.2 Å². The van der Waals surface area contributed by atoms with Crippen molar-refractivity contribution in [1.82, 2.24) is 4.98 Å². The number of aromatic nitrogens is 1. The van der Waals surface area contributed by atoms with Crippen LogP contribution in [0.15, 0.2) is 65.8 Å². The number of halogens is 3. The second-order valence-electron chi connectivity index (χ2n) is 5.91. The summed E-state index contributed by atoms with van der Waals surface area (Å²) < 4.78 is 41.7. The Kier molecular flexibility index (Phi) is 4.31. The van der Waals surface area contributed by atoms with Gasteiger partial charge in [-0.25, -0.2) is 9.98 Å². The summed E-state index contributed by atoms with van der Waals surface area (Å²) in [4.78, 5) is 10.3. The molecule has 4 rings (SSSR count). The summed E-state index contributed by atoms with van der Waals surface area (Å²) in [6.45, 7) is 4.01. The lowest BCUT2D eigenvalue weighted by Gasteiger charge is -2.24. The predicted octanol–water partition coefficient (Wildman–Crippen LogP) is 5.18. The second kappa shape index (κ2) is 6.68. The third-order valence-electron chi connectivity index (χ3n) is 3.97. The fourth-order valence-corrected chi connectivity index (χ4v) is 3.53. The summed E-state index contributed by atoms with van der Waals surface area (Å²) in [5, 5.41) is 0.502. The summed E-state index contributed by atoms with van der Waals surface area (Å²) in [6, 6.07) is 11.2. The Morgan fingerprint density at radius 3 is 2.54 bits per heavy atom. The first-order chi connectivity index (χ1) is 13.3. The number of fused-ring (bicyclic) bond motifs is 1. The van der Waals surface area contributed by atoms with Crippen molar-refractivity contribution < 1.29 is 17.9 Å². The Morgan fingerprint density at radius 1 is 1.11 bits per heavy atom. The average Bonchev–Trinajstić information content (AvgIpc) is 3.00. The standard InChI is InChI=1S/C19H13F3N4OS/c1-11-8-16(12-2-7-15-17(9-12)28-18(23)25-15)24-10-26(11)13-3-5-14(6-4-13)27-19(20,21)22/h2-10H,1H2,(H2,23,25). The Labute approximate surface area is 161 Å². The lowest BCUT2D eigenvalue weighted by molar-refractivity contribution is -0.274. The molecule has 2 N–H and O–H groups in total. The first-order valence-corrected chi connectivity index (χ1v) is 8.86. The predicted molar refractivity (Wildman–Crippen MR) is 105 cm³/mol. The van der Waals surface area contributed by atoms with Gasteiger partial charge in [-0.3, -0.25) is 0 Å². The molecule has 0 amide bonds. The number of hydrogen-bond donors (Lipinski definition) is 1.